The van der Waals surface area contributed by atoms with Gasteiger partial charge in [-0.1, -0.05) is 25.1 Å². The molecule has 1 aliphatic heterocycles. The molecule has 2 aromatic rings. The van der Waals surface area contributed by atoms with Crippen LogP contribution in [0.5, 0.6) is 0 Å². The standard InChI is InChI=1S/C17H20N4/c1-3-20-8-9-21(12-13(20)2)17-14(10-18)11-19-16-7-5-4-6-15(16)17/h4-7,11,13H,3,8-9,12H2,1-2H3. The Morgan fingerprint density at radius 3 is 2.86 bits per heavy atom. The fourth-order valence-corrected chi connectivity index (χ4v) is 3.22. The van der Waals surface area contributed by atoms with Crippen molar-refractivity contribution in [3.63, 3.8) is 0 Å². The van der Waals surface area contributed by atoms with Crippen LogP contribution >= 0.6 is 0 Å². The molecule has 21 heavy (non-hydrogen) atoms. The van der Waals surface area contributed by atoms with Crippen molar-refractivity contribution in [2.24, 2.45) is 0 Å². The van der Waals surface area contributed by atoms with E-state index in [9.17, 15) is 5.26 Å². The Labute approximate surface area is 125 Å². The molecule has 4 heteroatoms. The summed E-state index contributed by atoms with van der Waals surface area (Å²) >= 11 is 0. The Hall–Kier alpha value is -2.12. The fourth-order valence-electron chi connectivity index (χ4n) is 3.22. The number of pyridine rings is 1. The fraction of sp³-hybridized carbons (Fsp3) is 0.412. The summed E-state index contributed by atoms with van der Waals surface area (Å²) in [7, 11) is 0. The summed E-state index contributed by atoms with van der Waals surface area (Å²) in [5.41, 5.74) is 2.67. The minimum absolute atomic E-state index is 0.502. The quantitative estimate of drug-likeness (QED) is 0.848. The maximum Gasteiger partial charge on any atom is 0.103 e. The van der Waals surface area contributed by atoms with Gasteiger partial charge in [-0.3, -0.25) is 9.88 Å². The number of nitrogens with zero attached hydrogens (tertiary/aromatic N) is 4. The molecule has 1 aromatic heterocycles. The van der Waals surface area contributed by atoms with E-state index < -0.39 is 0 Å². The second-order valence-corrected chi connectivity index (χ2v) is 5.57. The lowest BCUT2D eigenvalue weighted by molar-refractivity contribution is 0.199. The summed E-state index contributed by atoms with van der Waals surface area (Å²) in [6.07, 6.45) is 1.70. The Balaban J connectivity index is 2.05. The highest BCUT2D eigenvalue weighted by molar-refractivity contribution is 5.94. The van der Waals surface area contributed by atoms with Gasteiger partial charge >= 0.3 is 0 Å². The lowest BCUT2D eigenvalue weighted by Crippen LogP contribution is -2.52. The molecular formula is C17H20N4. The van der Waals surface area contributed by atoms with Gasteiger partial charge in [0.2, 0.25) is 0 Å². The predicted molar refractivity (Wildman–Crippen MR) is 85.4 cm³/mol. The van der Waals surface area contributed by atoms with E-state index >= 15 is 0 Å². The van der Waals surface area contributed by atoms with Gasteiger partial charge in [0.25, 0.3) is 0 Å². The average molecular weight is 280 g/mol. The third kappa shape index (κ3) is 2.45. The second kappa shape index (κ2) is 5.71. The molecule has 4 nitrogen and oxygen atoms in total. The van der Waals surface area contributed by atoms with E-state index in [0.29, 0.717) is 11.6 Å². The van der Waals surface area contributed by atoms with Crippen LogP contribution in [0.3, 0.4) is 0 Å². The molecule has 0 radical (unpaired) electrons. The van der Waals surface area contributed by atoms with E-state index in [1.807, 2.05) is 18.2 Å². The van der Waals surface area contributed by atoms with Crippen molar-refractivity contribution in [1.82, 2.24) is 9.88 Å². The SMILES string of the molecule is CCN1CCN(c2c(C#N)cnc3ccccc23)CC1C. The Morgan fingerprint density at radius 1 is 1.33 bits per heavy atom. The first-order valence-corrected chi connectivity index (χ1v) is 7.51. The number of para-hydroxylation sites is 1. The van der Waals surface area contributed by atoms with Gasteiger partial charge in [-0.25, -0.2) is 0 Å². The van der Waals surface area contributed by atoms with Crippen molar-refractivity contribution >= 4 is 16.6 Å². The maximum atomic E-state index is 9.45. The van der Waals surface area contributed by atoms with E-state index in [-0.39, 0.29) is 0 Å². The number of rotatable bonds is 2. The van der Waals surface area contributed by atoms with E-state index in [0.717, 1.165) is 42.8 Å². The first-order valence-electron chi connectivity index (χ1n) is 7.51. The van der Waals surface area contributed by atoms with Crippen molar-refractivity contribution in [1.29, 1.82) is 5.26 Å². The Kier molecular flexibility index (Phi) is 3.76. The molecule has 108 valence electrons. The van der Waals surface area contributed by atoms with Crippen LogP contribution in [0.25, 0.3) is 10.9 Å². The van der Waals surface area contributed by atoms with Crippen LogP contribution in [-0.2, 0) is 0 Å². The molecule has 1 saturated heterocycles. The Morgan fingerprint density at radius 2 is 2.14 bits per heavy atom. The molecule has 0 amide bonds. The average Bonchev–Trinajstić information content (AvgIpc) is 2.53. The zero-order valence-electron chi connectivity index (χ0n) is 12.6. The number of hydrogen-bond donors (Lipinski definition) is 0. The molecular weight excluding hydrogens is 260 g/mol. The third-order valence-corrected chi connectivity index (χ3v) is 4.35. The number of fused-ring (bicyclic) bond motifs is 1. The highest BCUT2D eigenvalue weighted by Gasteiger charge is 2.25. The molecule has 2 heterocycles. The van der Waals surface area contributed by atoms with Crippen molar-refractivity contribution in [2.45, 2.75) is 19.9 Å². The second-order valence-electron chi connectivity index (χ2n) is 5.57. The van der Waals surface area contributed by atoms with Gasteiger partial charge < -0.3 is 4.90 Å². The number of nitriles is 1. The lowest BCUT2D eigenvalue weighted by Gasteiger charge is -2.41. The molecule has 0 spiro atoms. The Bertz CT molecular complexity index is 689. The predicted octanol–water partition coefficient (Wildman–Crippen LogP) is 2.64. The summed E-state index contributed by atoms with van der Waals surface area (Å²) in [6, 6.07) is 10.9. The zero-order valence-corrected chi connectivity index (χ0v) is 12.6. The molecule has 0 bridgehead atoms. The van der Waals surface area contributed by atoms with Gasteiger partial charge in [-0.05, 0) is 19.5 Å². The molecule has 1 aliphatic rings. The number of likely N-dealkylation sites (N-methyl/N-ethyl adjacent to an activating group) is 1. The first kappa shape index (κ1) is 13.8. The van der Waals surface area contributed by atoms with Gasteiger partial charge in [0.15, 0.2) is 0 Å². The number of aromatic nitrogens is 1. The summed E-state index contributed by atoms with van der Waals surface area (Å²) in [5, 5.41) is 10.5. The molecule has 1 aromatic carbocycles. The lowest BCUT2D eigenvalue weighted by atomic mass is 10.1. The first-order chi connectivity index (χ1) is 10.2. The largest absolute Gasteiger partial charge is 0.367 e. The van der Waals surface area contributed by atoms with Crippen molar-refractivity contribution in [2.75, 3.05) is 31.1 Å². The minimum Gasteiger partial charge on any atom is -0.367 e. The molecule has 1 fully saturated rings. The topological polar surface area (TPSA) is 43.2 Å². The van der Waals surface area contributed by atoms with Crippen LogP contribution in [0.1, 0.15) is 19.4 Å². The molecule has 0 N–H and O–H groups in total. The monoisotopic (exact) mass is 280 g/mol. The summed E-state index contributed by atoms with van der Waals surface area (Å²) in [5.74, 6) is 0. The van der Waals surface area contributed by atoms with Crippen LogP contribution in [0.4, 0.5) is 5.69 Å². The number of anilines is 1. The molecule has 3 rings (SSSR count). The summed E-state index contributed by atoms with van der Waals surface area (Å²) in [6.45, 7) is 8.49. The van der Waals surface area contributed by atoms with Crippen molar-refractivity contribution < 1.29 is 0 Å². The van der Waals surface area contributed by atoms with Gasteiger partial charge in [0.05, 0.1) is 16.8 Å². The summed E-state index contributed by atoms with van der Waals surface area (Å²) in [4.78, 5) is 9.22. The van der Waals surface area contributed by atoms with Gasteiger partial charge in [0.1, 0.15) is 6.07 Å². The number of piperazine rings is 1. The molecule has 0 aliphatic carbocycles. The van der Waals surface area contributed by atoms with Crippen LogP contribution in [0, 0.1) is 11.3 Å². The summed E-state index contributed by atoms with van der Waals surface area (Å²) < 4.78 is 0. The van der Waals surface area contributed by atoms with E-state index in [2.05, 4.69) is 40.8 Å². The number of benzene rings is 1. The van der Waals surface area contributed by atoms with Crippen molar-refractivity contribution in [3.05, 3.63) is 36.0 Å². The van der Waals surface area contributed by atoms with E-state index in [4.69, 9.17) is 0 Å². The van der Waals surface area contributed by atoms with Crippen molar-refractivity contribution in [3.8, 4) is 6.07 Å². The van der Waals surface area contributed by atoms with Crippen LogP contribution < -0.4 is 4.90 Å². The minimum atomic E-state index is 0.502. The number of hydrogen-bond acceptors (Lipinski definition) is 4. The van der Waals surface area contributed by atoms with E-state index in [1.165, 1.54) is 0 Å². The van der Waals surface area contributed by atoms with Crippen LogP contribution in [-0.4, -0.2) is 42.1 Å². The van der Waals surface area contributed by atoms with Gasteiger partial charge in [-0.15, -0.1) is 0 Å². The van der Waals surface area contributed by atoms with Crippen LogP contribution in [0.2, 0.25) is 0 Å². The molecule has 1 atom stereocenters. The van der Waals surface area contributed by atoms with Crippen LogP contribution in [0.15, 0.2) is 30.5 Å². The smallest absolute Gasteiger partial charge is 0.103 e. The zero-order chi connectivity index (χ0) is 14.8. The molecule has 0 saturated carbocycles. The molecule has 1 unspecified atom stereocenters. The highest BCUT2D eigenvalue weighted by atomic mass is 15.3. The highest BCUT2D eigenvalue weighted by Crippen LogP contribution is 2.30. The van der Waals surface area contributed by atoms with Gasteiger partial charge in [-0.2, -0.15) is 5.26 Å². The maximum absolute atomic E-state index is 9.45. The van der Waals surface area contributed by atoms with E-state index in [1.54, 1.807) is 6.20 Å². The third-order valence-electron chi connectivity index (χ3n) is 4.35. The normalized spacial score (nSPS) is 19.7. The van der Waals surface area contributed by atoms with Gasteiger partial charge in [0, 0.05) is 37.3 Å².